The van der Waals surface area contributed by atoms with Gasteiger partial charge in [0.15, 0.2) is 5.13 Å². The molecule has 1 aromatic rings. The van der Waals surface area contributed by atoms with E-state index in [0.29, 0.717) is 6.04 Å². The predicted molar refractivity (Wildman–Crippen MR) is 83.2 cm³/mol. The van der Waals surface area contributed by atoms with Gasteiger partial charge in [-0.3, -0.25) is 0 Å². The first-order valence-electron chi connectivity index (χ1n) is 7.05. The van der Waals surface area contributed by atoms with Crippen LogP contribution in [-0.4, -0.2) is 38.3 Å². The molecule has 0 aromatic carbocycles. The average molecular weight is 285 g/mol. The summed E-state index contributed by atoms with van der Waals surface area (Å²) in [7, 11) is 3.83. The van der Waals surface area contributed by atoms with Crippen molar-refractivity contribution >= 4 is 16.5 Å². The van der Waals surface area contributed by atoms with Crippen molar-refractivity contribution in [3.63, 3.8) is 0 Å². The molecule has 5 heteroatoms. The number of rotatable bonds is 9. The standard InChI is InChI=1S/C14H27N3OS/c1-6-8-12-13(9-15-7-2)19-14(16-12)17(4)11(3)10-18-5/h11,15H,6-10H2,1-5H3. The van der Waals surface area contributed by atoms with E-state index in [1.54, 1.807) is 18.4 Å². The lowest BCUT2D eigenvalue weighted by Gasteiger charge is -2.23. The Kier molecular flexibility index (Phi) is 7.34. The van der Waals surface area contributed by atoms with Crippen LogP contribution in [0.3, 0.4) is 0 Å². The molecule has 0 aliphatic carbocycles. The minimum absolute atomic E-state index is 0.345. The summed E-state index contributed by atoms with van der Waals surface area (Å²) in [6, 6.07) is 0.345. The van der Waals surface area contributed by atoms with E-state index >= 15 is 0 Å². The first-order chi connectivity index (χ1) is 9.13. The molecule has 1 heterocycles. The van der Waals surface area contributed by atoms with E-state index in [0.717, 1.165) is 37.7 Å². The molecule has 0 saturated heterocycles. The first-order valence-corrected chi connectivity index (χ1v) is 7.86. The van der Waals surface area contributed by atoms with E-state index in [-0.39, 0.29) is 0 Å². The lowest BCUT2D eigenvalue weighted by molar-refractivity contribution is 0.183. The predicted octanol–water partition coefficient (Wildman–Crippen LogP) is 2.68. The van der Waals surface area contributed by atoms with Gasteiger partial charge in [0.2, 0.25) is 0 Å². The van der Waals surface area contributed by atoms with Crippen molar-refractivity contribution in [3.8, 4) is 0 Å². The third-order valence-corrected chi connectivity index (χ3v) is 4.35. The topological polar surface area (TPSA) is 37.4 Å². The monoisotopic (exact) mass is 285 g/mol. The molecule has 0 aliphatic rings. The lowest BCUT2D eigenvalue weighted by Crippen LogP contribution is -2.32. The minimum Gasteiger partial charge on any atom is -0.383 e. The molecule has 0 radical (unpaired) electrons. The van der Waals surface area contributed by atoms with Crippen LogP contribution in [0.5, 0.6) is 0 Å². The molecule has 1 rings (SSSR count). The van der Waals surface area contributed by atoms with Crippen LogP contribution in [0.2, 0.25) is 0 Å². The van der Waals surface area contributed by atoms with E-state index < -0.39 is 0 Å². The van der Waals surface area contributed by atoms with Gasteiger partial charge in [-0.1, -0.05) is 20.3 Å². The highest BCUT2D eigenvalue weighted by atomic mass is 32.1. The number of aryl methyl sites for hydroxylation is 1. The van der Waals surface area contributed by atoms with Gasteiger partial charge in [0.25, 0.3) is 0 Å². The molecule has 0 bridgehead atoms. The summed E-state index contributed by atoms with van der Waals surface area (Å²) in [5.74, 6) is 0. The van der Waals surface area contributed by atoms with Gasteiger partial charge in [0.05, 0.1) is 18.3 Å². The molecule has 1 N–H and O–H groups in total. The SMILES string of the molecule is CCCc1nc(N(C)C(C)COC)sc1CNCC. The molecule has 19 heavy (non-hydrogen) atoms. The van der Waals surface area contributed by atoms with E-state index in [2.05, 4.69) is 38.0 Å². The van der Waals surface area contributed by atoms with Crippen molar-refractivity contribution < 1.29 is 4.74 Å². The second kappa shape index (κ2) is 8.51. The Morgan fingerprint density at radius 3 is 2.74 bits per heavy atom. The van der Waals surface area contributed by atoms with Gasteiger partial charge < -0.3 is 15.0 Å². The van der Waals surface area contributed by atoms with Crippen LogP contribution in [-0.2, 0) is 17.7 Å². The van der Waals surface area contributed by atoms with Gasteiger partial charge in [0, 0.05) is 25.6 Å². The first kappa shape index (κ1) is 16.4. The number of nitrogens with one attached hydrogen (secondary N) is 1. The molecule has 0 fully saturated rings. The Bertz CT molecular complexity index is 368. The number of aromatic nitrogens is 1. The zero-order chi connectivity index (χ0) is 14.3. The maximum atomic E-state index is 5.22. The highest BCUT2D eigenvalue weighted by Crippen LogP contribution is 2.27. The zero-order valence-corrected chi connectivity index (χ0v) is 13.6. The second-order valence-electron chi connectivity index (χ2n) is 4.81. The van der Waals surface area contributed by atoms with Gasteiger partial charge in [-0.2, -0.15) is 0 Å². The molecule has 0 aliphatic heterocycles. The fourth-order valence-electron chi connectivity index (χ4n) is 1.87. The van der Waals surface area contributed by atoms with Crippen molar-refractivity contribution in [2.45, 2.75) is 46.2 Å². The average Bonchev–Trinajstić information content (AvgIpc) is 2.79. The van der Waals surface area contributed by atoms with Crippen LogP contribution >= 0.6 is 11.3 Å². The van der Waals surface area contributed by atoms with Gasteiger partial charge in [-0.15, -0.1) is 11.3 Å². The van der Waals surface area contributed by atoms with Crippen LogP contribution in [0.15, 0.2) is 0 Å². The fraction of sp³-hybridized carbons (Fsp3) is 0.786. The molecule has 0 saturated carbocycles. The number of nitrogens with zero attached hydrogens (tertiary/aromatic N) is 2. The Morgan fingerprint density at radius 1 is 1.42 bits per heavy atom. The molecule has 1 atom stereocenters. The number of anilines is 1. The number of hydrogen-bond acceptors (Lipinski definition) is 5. The van der Waals surface area contributed by atoms with Gasteiger partial charge in [0.1, 0.15) is 0 Å². The Balaban J connectivity index is 2.83. The number of ether oxygens (including phenoxy) is 1. The van der Waals surface area contributed by atoms with Crippen LogP contribution in [0.25, 0.3) is 0 Å². The van der Waals surface area contributed by atoms with Gasteiger partial charge in [-0.05, 0) is 19.9 Å². The summed E-state index contributed by atoms with van der Waals surface area (Å²) < 4.78 is 5.22. The van der Waals surface area contributed by atoms with Crippen LogP contribution < -0.4 is 10.2 Å². The Labute approximate surface area is 121 Å². The van der Waals surface area contributed by atoms with Crippen molar-refractivity contribution in [2.75, 3.05) is 32.2 Å². The van der Waals surface area contributed by atoms with E-state index in [9.17, 15) is 0 Å². The Morgan fingerprint density at radius 2 is 2.16 bits per heavy atom. The molecular weight excluding hydrogens is 258 g/mol. The molecule has 4 nitrogen and oxygen atoms in total. The number of thiazole rings is 1. The van der Waals surface area contributed by atoms with E-state index in [1.165, 1.54) is 10.6 Å². The highest BCUT2D eigenvalue weighted by Gasteiger charge is 2.17. The van der Waals surface area contributed by atoms with E-state index in [1.807, 2.05) is 0 Å². The van der Waals surface area contributed by atoms with Crippen molar-refractivity contribution in [1.29, 1.82) is 0 Å². The molecule has 1 unspecified atom stereocenters. The number of likely N-dealkylation sites (N-methyl/N-ethyl adjacent to an activating group) is 1. The summed E-state index contributed by atoms with van der Waals surface area (Å²) in [6.07, 6.45) is 2.20. The number of methoxy groups -OCH3 is 1. The molecule has 0 spiro atoms. The van der Waals surface area contributed by atoms with Crippen LogP contribution in [0.4, 0.5) is 5.13 Å². The number of hydrogen-bond donors (Lipinski definition) is 1. The third-order valence-electron chi connectivity index (χ3n) is 3.16. The smallest absolute Gasteiger partial charge is 0.185 e. The summed E-state index contributed by atoms with van der Waals surface area (Å²) in [5, 5.41) is 4.50. The van der Waals surface area contributed by atoms with Crippen LogP contribution in [0.1, 0.15) is 37.8 Å². The van der Waals surface area contributed by atoms with Gasteiger partial charge in [-0.25, -0.2) is 4.98 Å². The van der Waals surface area contributed by atoms with Crippen LogP contribution in [0, 0.1) is 0 Å². The minimum atomic E-state index is 0.345. The normalized spacial score (nSPS) is 12.7. The van der Waals surface area contributed by atoms with Gasteiger partial charge >= 0.3 is 0 Å². The quantitative estimate of drug-likeness (QED) is 0.757. The fourth-order valence-corrected chi connectivity index (χ4v) is 3.01. The van der Waals surface area contributed by atoms with Crippen molar-refractivity contribution in [2.24, 2.45) is 0 Å². The molecule has 1 aromatic heterocycles. The zero-order valence-electron chi connectivity index (χ0n) is 12.8. The summed E-state index contributed by atoms with van der Waals surface area (Å²) in [4.78, 5) is 8.39. The summed E-state index contributed by atoms with van der Waals surface area (Å²) in [5.41, 5.74) is 1.25. The Hall–Kier alpha value is -0.650. The summed E-state index contributed by atoms with van der Waals surface area (Å²) in [6.45, 7) is 9.14. The summed E-state index contributed by atoms with van der Waals surface area (Å²) >= 11 is 1.80. The van der Waals surface area contributed by atoms with Crippen molar-refractivity contribution in [3.05, 3.63) is 10.6 Å². The lowest BCUT2D eigenvalue weighted by atomic mass is 10.2. The third kappa shape index (κ3) is 4.75. The second-order valence-corrected chi connectivity index (χ2v) is 5.87. The molecular formula is C14H27N3OS. The molecule has 110 valence electrons. The maximum absolute atomic E-state index is 5.22. The van der Waals surface area contributed by atoms with E-state index in [4.69, 9.17) is 9.72 Å². The highest BCUT2D eigenvalue weighted by molar-refractivity contribution is 7.15. The largest absolute Gasteiger partial charge is 0.383 e. The van der Waals surface area contributed by atoms with Crippen molar-refractivity contribution in [1.82, 2.24) is 10.3 Å². The molecule has 0 amide bonds. The maximum Gasteiger partial charge on any atom is 0.185 e.